The second kappa shape index (κ2) is 13.1. The SMILES string of the molecule is CCNC(=NCC1CCCC1O)NCCC(OCC)C1CCCC1.I. The van der Waals surface area contributed by atoms with Gasteiger partial charge in [0.2, 0.25) is 0 Å². The fraction of sp³-hybridized carbons (Fsp3) is 0.947. The van der Waals surface area contributed by atoms with Crippen molar-refractivity contribution in [3.8, 4) is 0 Å². The standard InChI is InChI=1S/C19H37N3O2.HI/c1-3-20-19(22-14-16-10-7-11-17(16)23)21-13-12-18(24-4-2)15-8-5-6-9-15;/h15-18,23H,3-14H2,1-2H3,(H2,20,21,22);1H. The first-order valence-electron chi connectivity index (χ1n) is 10.1. The van der Waals surface area contributed by atoms with Crippen molar-refractivity contribution in [1.29, 1.82) is 0 Å². The van der Waals surface area contributed by atoms with Crippen LogP contribution in [-0.2, 0) is 4.74 Å². The van der Waals surface area contributed by atoms with E-state index in [1.54, 1.807) is 0 Å². The second-order valence-corrected chi connectivity index (χ2v) is 7.23. The largest absolute Gasteiger partial charge is 0.393 e. The van der Waals surface area contributed by atoms with E-state index in [0.717, 1.165) is 57.3 Å². The van der Waals surface area contributed by atoms with Gasteiger partial charge in [0, 0.05) is 32.2 Å². The molecule has 2 aliphatic carbocycles. The molecule has 3 unspecified atom stereocenters. The smallest absolute Gasteiger partial charge is 0.191 e. The summed E-state index contributed by atoms with van der Waals surface area (Å²) < 4.78 is 5.99. The van der Waals surface area contributed by atoms with Crippen LogP contribution in [0.5, 0.6) is 0 Å². The lowest BCUT2D eigenvalue weighted by Crippen LogP contribution is -2.40. The van der Waals surface area contributed by atoms with Crippen molar-refractivity contribution in [3.63, 3.8) is 0 Å². The molecule has 25 heavy (non-hydrogen) atoms. The molecule has 2 fully saturated rings. The number of guanidine groups is 1. The van der Waals surface area contributed by atoms with Crippen LogP contribution in [0.2, 0.25) is 0 Å². The second-order valence-electron chi connectivity index (χ2n) is 7.23. The van der Waals surface area contributed by atoms with Gasteiger partial charge in [-0.2, -0.15) is 0 Å². The number of aliphatic imine (C=N–C) groups is 1. The number of nitrogens with zero attached hydrogens (tertiary/aromatic N) is 1. The lowest BCUT2D eigenvalue weighted by molar-refractivity contribution is 0.0169. The van der Waals surface area contributed by atoms with E-state index in [1.165, 1.54) is 25.7 Å². The molecule has 2 aliphatic rings. The van der Waals surface area contributed by atoms with Crippen LogP contribution in [-0.4, -0.2) is 49.5 Å². The number of aliphatic hydroxyl groups excluding tert-OH is 1. The predicted molar refractivity (Wildman–Crippen MR) is 115 cm³/mol. The van der Waals surface area contributed by atoms with Crippen molar-refractivity contribution in [3.05, 3.63) is 0 Å². The average Bonchev–Trinajstić information content (AvgIpc) is 3.23. The first kappa shape index (κ1) is 23.0. The number of rotatable bonds is 9. The van der Waals surface area contributed by atoms with Crippen LogP contribution in [0.4, 0.5) is 0 Å². The molecule has 2 rings (SSSR count). The Kier molecular flexibility index (Phi) is 12.1. The predicted octanol–water partition coefficient (Wildman–Crippen LogP) is 3.31. The van der Waals surface area contributed by atoms with Crippen LogP contribution in [0.25, 0.3) is 0 Å². The summed E-state index contributed by atoms with van der Waals surface area (Å²) in [6.45, 7) is 7.44. The molecule has 0 saturated heterocycles. The van der Waals surface area contributed by atoms with Crippen LogP contribution in [0.15, 0.2) is 4.99 Å². The molecule has 0 aromatic rings. The number of aliphatic hydroxyl groups is 1. The van der Waals surface area contributed by atoms with Crippen LogP contribution in [0, 0.1) is 11.8 Å². The summed E-state index contributed by atoms with van der Waals surface area (Å²) in [5.41, 5.74) is 0. The van der Waals surface area contributed by atoms with E-state index >= 15 is 0 Å². The van der Waals surface area contributed by atoms with Gasteiger partial charge in [0.15, 0.2) is 5.96 Å². The van der Waals surface area contributed by atoms with Crippen molar-refractivity contribution in [2.75, 3.05) is 26.2 Å². The Balaban J connectivity index is 0.00000312. The van der Waals surface area contributed by atoms with E-state index in [-0.39, 0.29) is 30.1 Å². The molecular weight excluding hydrogens is 429 g/mol. The van der Waals surface area contributed by atoms with Crippen LogP contribution >= 0.6 is 24.0 Å². The molecule has 3 N–H and O–H groups in total. The maximum absolute atomic E-state index is 9.93. The van der Waals surface area contributed by atoms with Crippen molar-refractivity contribution in [2.45, 2.75) is 77.4 Å². The lowest BCUT2D eigenvalue weighted by atomic mass is 9.98. The molecule has 0 spiro atoms. The number of hydrogen-bond acceptors (Lipinski definition) is 3. The Hall–Kier alpha value is -0.0800. The maximum atomic E-state index is 9.93. The highest BCUT2D eigenvalue weighted by atomic mass is 127. The van der Waals surface area contributed by atoms with Gasteiger partial charge in [-0.1, -0.05) is 19.3 Å². The Labute approximate surface area is 170 Å². The maximum Gasteiger partial charge on any atom is 0.191 e. The highest BCUT2D eigenvalue weighted by Crippen LogP contribution is 2.30. The minimum atomic E-state index is -0.165. The highest BCUT2D eigenvalue weighted by molar-refractivity contribution is 14.0. The normalized spacial score (nSPS) is 25.6. The van der Waals surface area contributed by atoms with Crippen molar-refractivity contribution in [2.24, 2.45) is 16.8 Å². The summed E-state index contributed by atoms with van der Waals surface area (Å²) in [5.74, 6) is 1.94. The van der Waals surface area contributed by atoms with Gasteiger partial charge in [0.25, 0.3) is 0 Å². The van der Waals surface area contributed by atoms with Gasteiger partial charge in [-0.3, -0.25) is 4.99 Å². The van der Waals surface area contributed by atoms with E-state index in [1.807, 2.05) is 0 Å². The van der Waals surface area contributed by atoms with Crippen molar-refractivity contribution >= 4 is 29.9 Å². The van der Waals surface area contributed by atoms with Crippen LogP contribution in [0.3, 0.4) is 0 Å². The number of halogens is 1. The van der Waals surface area contributed by atoms with Crippen molar-refractivity contribution < 1.29 is 9.84 Å². The van der Waals surface area contributed by atoms with Gasteiger partial charge in [-0.05, 0) is 51.9 Å². The Morgan fingerprint density at radius 1 is 1.12 bits per heavy atom. The zero-order chi connectivity index (χ0) is 17.2. The van der Waals surface area contributed by atoms with Crippen molar-refractivity contribution in [1.82, 2.24) is 10.6 Å². The van der Waals surface area contributed by atoms with Gasteiger partial charge < -0.3 is 20.5 Å². The average molecular weight is 467 g/mol. The van der Waals surface area contributed by atoms with E-state index in [0.29, 0.717) is 18.6 Å². The molecule has 0 heterocycles. The molecule has 3 atom stereocenters. The minimum Gasteiger partial charge on any atom is -0.393 e. The van der Waals surface area contributed by atoms with Gasteiger partial charge in [-0.25, -0.2) is 0 Å². The molecule has 0 radical (unpaired) electrons. The first-order valence-corrected chi connectivity index (χ1v) is 10.1. The molecule has 0 bridgehead atoms. The molecule has 0 amide bonds. The highest BCUT2D eigenvalue weighted by Gasteiger charge is 2.26. The summed E-state index contributed by atoms with van der Waals surface area (Å²) in [4.78, 5) is 4.68. The molecule has 2 saturated carbocycles. The van der Waals surface area contributed by atoms with Gasteiger partial charge in [-0.15, -0.1) is 24.0 Å². The molecule has 6 heteroatoms. The fourth-order valence-electron chi connectivity index (χ4n) is 4.11. The fourth-order valence-corrected chi connectivity index (χ4v) is 4.11. The van der Waals surface area contributed by atoms with E-state index in [4.69, 9.17) is 4.74 Å². The summed E-state index contributed by atoms with van der Waals surface area (Å²) in [6.07, 6.45) is 9.75. The molecule has 0 aromatic heterocycles. The zero-order valence-corrected chi connectivity index (χ0v) is 18.3. The molecule has 0 aliphatic heterocycles. The third kappa shape index (κ3) is 7.99. The quantitative estimate of drug-likeness (QED) is 0.277. The van der Waals surface area contributed by atoms with E-state index in [9.17, 15) is 5.11 Å². The Morgan fingerprint density at radius 2 is 1.88 bits per heavy atom. The summed E-state index contributed by atoms with van der Waals surface area (Å²) in [5, 5.41) is 16.7. The van der Waals surface area contributed by atoms with Gasteiger partial charge in [0.1, 0.15) is 0 Å². The Bertz CT molecular complexity index is 376. The van der Waals surface area contributed by atoms with Gasteiger partial charge >= 0.3 is 0 Å². The van der Waals surface area contributed by atoms with E-state index < -0.39 is 0 Å². The van der Waals surface area contributed by atoms with Crippen LogP contribution in [0.1, 0.15) is 65.2 Å². The topological polar surface area (TPSA) is 65.9 Å². The molecule has 5 nitrogen and oxygen atoms in total. The minimum absolute atomic E-state index is 0. The number of nitrogens with one attached hydrogen (secondary N) is 2. The monoisotopic (exact) mass is 467 g/mol. The molecular formula is C19H38IN3O2. The summed E-state index contributed by atoms with van der Waals surface area (Å²) in [7, 11) is 0. The molecule has 0 aromatic carbocycles. The van der Waals surface area contributed by atoms with Crippen LogP contribution < -0.4 is 10.6 Å². The summed E-state index contributed by atoms with van der Waals surface area (Å²) >= 11 is 0. The lowest BCUT2D eigenvalue weighted by Gasteiger charge is -2.24. The number of ether oxygens (including phenoxy) is 1. The first-order chi connectivity index (χ1) is 11.7. The number of hydrogen-bond donors (Lipinski definition) is 3. The Morgan fingerprint density at radius 3 is 2.48 bits per heavy atom. The third-order valence-electron chi connectivity index (χ3n) is 5.47. The van der Waals surface area contributed by atoms with Gasteiger partial charge in [0.05, 0.1) is 12.2 Å². The summed E-state index contributed by atoms with van der Waals surface area (Å²) in [6, 6.07) is 0. The van der Waals surface area contributed by atoms with E-state index in [2.05, 4.69) is 29.5 Å². The third-order valence-corrected chi connectivity index (χ3v) is 5.47. The molecule has 148 valence electrons. The zero-order valence-electron chi connectivity index (χ0n) is 16.0.